The van der Waals surface area contributed by atoms with Crippen LogP contribution in [0.25, 0.3) is 0 Å². The van der Waals surface area contributed by atoms with Crippen LogP contribution in [0.4, 0.5) is 5.88 Å². The predicted octanol–water partition coefficient (Wildman–Crippen LogP) is 4.49. The van der Waals surface area contributed by atoms with Crippen LogP contribution in [0, 0.1) is 6.92 Å². The molecule has 0 unspecified atom stereocenters. The van der Waals surface area contributed by atoms with Gasteiger partial charge in [0.25, 0.3) is 0 Å². The van der Waals surface area contributed by atoms with Gasteiger partial charge in [-0.2, -0.15) is 0 Å². The van der Waals surface area contributed by atoms with Crippen LogP contribution >= 0.6 is 23.4 Å². The Hall–Kier alpha value is -2.25. The standard InChI is InChI=1S/C19H20ClNO5S/c1-4-25-19(24)17-16(11(2)22)12(3)26-18(17)21-15(23)10-27-9-13-5-7-14(20)8-6-13/h5-8H,4,9-10H2,1-3H3,(H,21,23). The molecule has 144 valence electrons. The van der Waals surface area contributed by atoms with E-state index < -0.39 is 5.97 Å². The molecule has 0 aliphatic heterocycles. The monoisotopic (exact) mass is 409 g/mol. The minimum atomic E-state index is -0.705. The highest BCUT2D eigenvalue weighted by molar-refractivity contribution is 7.99. The number of aryl methyl sites for hydroxylation is 1. The maximum atomic E-state index is 12.2. The number of carbonyl (C=O) groups excluding carboxylic acids is 3. The summed E-state index contributed by atoms with van der Waals surface area (Å²) in [5.41, 5.74) is 1.12. The van der Waals surface area contributed by atoms with Crippen LogP contribution < -0.4 is 5.32 Å². The van der Waals surface area contributed by atoms with Crippen molar-refractivity contribution in [1.29, 1.82) is 0 Å². The molecule has 1 amide bonds. The third-order valence-corrected chi connectivity index (χ3v) is 4.84. The maximum Gasteiger partial charge on any atom is 0.344 e. The lowest BCUT2D eigenvalue weighted by molar-refractivity contribution is -0.113. The van der Waals surface area contributed by atoms with E-state index in [9.17, 15) is 14.4 Å². The molecule has 27 heavy (non-hydrogen) atoms. The highest BCUT2D eigenvalue weighted by atomic mass is 35.5. The lowest BCUT2D eigenvalue weighted by Gasteiger charge is -2.06. The summed E-state index contributed by atoms with van der Waals surface area (Å²) in [4.78, 5) is 36.3. The summed E-state index contributed by atoms with van der Waals surface area (Å²) in [6.45, 7) is 4.69. The topological polar surface area (TPSA) is 85.6 Å². The van der Waals surface area contributed by atoms with E-state index in [0.29, 0.717) is 10.8 Å². The average Bonchev–Trinajstić information content (AvgIpc) is 2.93. The summed E-state index contributed by atoms with van der Waals surface area (Å²) in [7, 11) is 0. The van der Waals surface area contributed by atoms with Crippen LogP contribution in [-0.4, -0.2) is 30.0 Å². The van der Waals surface area contributed by atoms with Crippen LogP contribution in [0.3, 0.4) is 0 Å². The second-order valence-corrected chi connectivity index (χ2v) is 7.10. The van der Waals surface area contributed by atoms with E-state index in [4.69, 9.17) is 20.8 Å². The largest absolute Gasteiger partial charge is 0.462 e. The molecule has 0 fully saturated rings. The van der Waals surface area contributed by atoms with Crippen molar-refractivity contribution in [3.63, 3.8) is 0 Å². The van der Waals surface area contributed by atoms with Crippen molar-refractivity contribution >= 4 is 46.9 Å². The van der Waals surface area contributed by atoms with Crippen molar-refractivity contribution in [1.82, 2.24) is 0 Å². The van der Waals surface area contributed by atoms with Crippen molar-refractivity contribution < 1.29 is 23.5 Å². The highest BCUT2D eigenvalue weighted by Crippen LogP contribution is 2.29. The van der Waals surface area contributed by atoms with Gasteiger partial charge in [-0.05, 0) is 38.5 Å². The Bertz CT molecular complexity index is 845. The normalized spacial score (nSPS) is 10.5. The van der Waals surface area contributed by atoms with Gasteiger partial charge in [0.2, 0.25) is 11.8 Å². The third-order valence-electron chi connectivity index (χ3n) is 3.58. The van der Waals surface area contributed by atoms with E-state index in [2.05, 4.69) is 5.32 Å². The van der Waals surface area contributed by atoms with Crippen molar-refractivity contribution in [3.05, 3.63) is 51.7 Å². The zero-order valence-corrected chi connectivity index (χ0v) is 16.8. The molecule has 0 saturated carbocycles. The number of rotatable bonds is 8. The van der Waals surface area contributed by atoms with E-state index >= 15 is 0 Å². The molecule has 1 heterocycles. The molecular weight excluding hydrogens is 390 g/mol. The van der Waals surface area contributed by atoms with E-state index in [1.807, 2.05) is 12.1 Å². The van der Waals surface area contributed by atoms with E-state index in [-0.39, 0.29) is 46.8 Å². The number of benzene rings is 1. The molecule has 0 atom stereocenters. The van der Waals surface area contributed by atoms with Gasteiger partial charge in [-0.1, -0.05) is 23.7 Å². The molecule has 1 aromatic carbocycles. The number of Topliss-reactive ketones (excluding diaryl/α,β-unsaturated/α-hetero) is 1. The second-order valence-electron chi connectivity index (χ2n) is 5.68. The SMILES string of the molecule is CCOC(=O)c1c(NC(=O)CSCc2ccc(Cl)cc2)oc(C)c1C(C)=O. The Balaban J connectivity index is 2.05. The first-order valence-electron chi connectivity index (χ1n) is 8.27. The molecular formula is C19H20ClNO5S. The number of hydrogen-bond acceptors (Lipinski definition) is 6. The number of ketones is 1. The van der Waals surface area contributed by atoms with Crippen molar-refractivity contribution in [3.8, 4) is 0 Å². The lowest BCUT2D eigenvalue weighted by Crippen LogP contribution is -2.17. The van der Waals surface area contributed by atoms with Gasteiger partial charge in [0, 0.05) is 10.8 Å². The molecule has 2 aromatic rings. The van der Waals surface area contributed by atoms with Crippen LogP contribution in [-0.2, 0) is 15.3 Å². The summed E-state index contributed by atoms with van der Waals surface area (Å²) in [5, 5.41) is 3.22. The number of ether oxygens (including phenoxy) is 1. The van der Waals surface area contributed by atoms with Crippen LogP contribution in [0.15, 0.2) is 28.7 Å². The fourth-order valence-electron chi connectivity index (χ4n) is 2.46. The van der Waals surface area contributed by atoms with Gasteiger partial charge >= 0.3 is 5.97 Å². The number of amides is 1. The number of hydrogen-bond donors (Lipinski definition) is 1. The van der Waals surface area contributed by atoms with Gasteiger partial charge in [0.1, 0.15) is 11.3 Å². The number of furan rings is 1. The van der Waals surface area contributed by atoms with Gasteiger partial charge < -0.3 is 9.15 Å². The van der Waals surface area contributed by atoms with Crippen molar-refractivity contribution in [2.75, 3.05) is 17.7 Å². The number of anilines is 1. The van der Waals surface area contributed by atoms with Crippen molar-refractivity contribution in [2.24, 2.45) is 0 Å². The summed E-state index contributed by atoms with van der Waals surface area (Å²) < 4.78 is 10.4. The number of carbonyl (C=O) groups is 3. The summed E-state index contributed by atoms with van der Waals surface area (Å²) in [6.07, 6.45) is 0. The second kappa shape index (κ2) is 9.62. The number of thioether (sulfide) groups is 1. The third kappa shape index (κ3) is 5.61. The zero-order chi connectivity index (χ0) is 20.0. The van der Waals surface area contributed by atoms with E-state index in [1.165, 1.54) is 18.7 Å². The summed E-state index contributed by atoms with van der Waals surface area (Å²) in [6, 6.07) is 7.36. The van der Waals surface area contributed by atoms with Gasteiger partial charge in [-0.25, -0.2) is 4.79 Å². The average molecular weight is 410 g/mol. The smallest absolute Gasteiger partial charge is 0.344 e. The maximum absolute atomic E-state index is 12.2. The van der Waals surface area contributed by atoms with Crippen LogP contribution in [0.2, 0.25) is 5.02 Å². The first kappa shape index (κ1) is 21.1. The number of esters is 1. The van der Waals surface area contributed by atoms with Gasteiger partial charge in [-0.15, -0.1) is 11.8 Å². The van der Waals surface area contributed by atoms with Crippen molar-refractivity contribution in [2.45, 2.75) is 26.5 Å². The summed E-state index contributed by atoms with van der Waals surface area (Å²) in [5.74, 6) is -0.405. The van der Waals surface area contributed by atoms with E-state index in [1.54, 1.807) is 26.0 Å². The Kier molecular flexibility index (Phi) is 7.50. The van der Waals surface area contributed by atoms with Crippen LogP contribution in [0.1, 0.15) is 45.9 Å². The first-order chi connectivity index (χ1) is 12.8. The fraction of sp³-hybridized carbons (Fsp3) is 0.316. The number of nitrogens with one attached hydrogen (secondary N) is 1. The Morgan fingerprint density at radius 3 is 2.44 bits per heavy atom. The molecule has 0 radical (unpaired) electrons. The van der Waals surface area contributed by atoms with Crippen LogP contribution in [0.5, 0.6) is 0 Å². The molecule has 0 saturated heterocycles. The minimum absolute atomic E-state index is 0.0436. The van der Waals surface area contributed by atoms with E-state index in [0.717, 1.165) is 5.56 Å². The Morgan fingerprint density at radius 2 is 1.85 bits per heavy atom. The Morgan fingerprint density at radius 1 is 1.19 bits per heavy atom. The van der Waals surface area contributed by atoms with Gasteiger partial charge in [0.05, 0.1) is 17.9 Å². The summed E-state index contributed by atoms with van der Waals surface area (Å²) >= 11 is 7.24. The highest BCUT2D eigenvalue weighted by Gasteiger charge is 2.28. The quantitative estimate of drug-likeness (QED) is 0.510. The molecule has 0 aliphatic carbocycles. The molecule has 2 rings (SSSR count). The molecule has 6 nitrogen and oxygen atoms in total. The molecule has 1 aromatic heterocycles. The van der Waals surface area contributed by atoms with Gasteiger partial charge in [-0.3, -0.25) is 14.9 Å². The lowest BCUT2D eigenvalue weighted by atomic mass is 10.1. The molecule has 1 N–H and O–H groups in total. The minimum Gasteiger partial charge on any atom is -0.462 e. The Labute approximate surface area is 166 Å². The fourth-order valence-corrected chi connectivity index (χ4v) is 3.37. The molecule has 8 heteroatoms. The van der Waals surface area contributed by atoms with Gasteiger partial charge in [0.15, 0.2) is 5.78 Å². The number of halogens is 1. The first-order valence-corrected chi connectivity index (χ1v) is 9.80. The zero-order valence-electron chi connectivity index (χ0n) is 15.3. The molecule has 0 bridgehead atoms. The predicted molar refractivity (Wildman–Crippen MR) is 106 cm³/mol. The molecule has 0 aliphatic rings. The molecule has 0 spiro atoms.